The summed E-state index contributed by atoms with van der Waals surface area (Å²) in [5.41, 5.74) is 2.71. The van der Waals surface area contributed by atoms with Gasteiger partial charge in [-0.15, -0.1) is 0 Å². The minimum atomic E-state index is -0.0635. The number of aromatic nitrogens is 3. The lowest BCUT2D eigenvalue weighted by molar-refractivity contribution is 0.567. The molecule has 0 radical (unpaired) electrons. The van der Waals surface area contributed by atoms with Crippen molar-refractivity contribution in [1.82, 2.24) is 15.0 Å². The molecule has 2 heterocycles. The fourth-order valence-electron chi connectivity index (χ4n) is 1.52. The monoisotopic (exact) mass is 261 g/mol. The Kier molecular flexibility index (Phi) is 3.35. The van der Waals surface area contributed by atoms with Gasteiger partial charge in [0, 0.05) is 11.6 Å². The quantitative estimate of drug-likeness (QED) is 0.733. The Balaban J connectivity index is 2.52. The lowest BCUT2D eigenvalue weighted by Crippen LogP contribution is -2.14. The number of hydrogen-bond acceptors (Lipinski definition) is 3. The van der Waals surface area contributed by atoms with Crippen LogP contribution < -0.4 is 0 Å². The number of hydrogen-bond donors (Lipinski definition) is 0. The minimum absolute atomic E-state index is 0.0635. The highest BCUT2D eigenvalue weighted by Crippen LogP contribution is 2.24. The maximum atomic E-state index is 6.06. The van der Waals surface area contributed by atoms with Gasteiger partial charge in [-0.1, -0.05) is 38.4 Å². The molecule has 4 heteroatoms. The van der Waals surface area contributed by atoms with E-state index >= 15 is 0 Å². The van der Waals surface area contributed by atoms with Crippen molar-refractivity contribution < 1.29 is 0 Å². The molecule has 94 valence electrons. The van der Waals surface area contributed by atoms with Crippen LogP contribution in [-0.4, -0.2) is 15.0 Å². The van der Waals surface area contributed by atoms with Crippen LogP contribution in [0.2, 0.25) is 5.15 Å². The van der Waals surface area contributed by atoms with Gasteiger partial charge in [0.05, 0.1) is 5.69 Å². The molecule has 0 fully saturated rings. The van der Waals surface area contributed by atoms with Gasteiger partial charge in [-0.05, 0) is 24.6 Å². The van der Waals surface area contributed by atoms with Crippen LogP contribution >= 0.6 is 11.6 Å². The van der Waals surface area contributed by atoms with Crippen molar-refractivity contribution in [2.24, 2.45) is 0 Å². The maximum Gasteiger partial charge on any atom is 0.179 e. The molecule has 0 amide bonds. The summed E-state index contributed by atoms with van der Waals surface area (Å²) in [6, 6.07) is 5.70. The van der Waals surface area contributed by atoms with Crippen LogP contribution in [0.1, 0.15) is 32.0 Å². The fourth-order valence-corrected chi connectivity index (χ4v) is 1.70. The molecule has 2 aromatic heterocycles. The molecule has 0 aromatic carbocycles. The molecule has 0 saturated carbocycles. The number of pyridine rings is 1. The highest BCUT2D eigenvalue weighted by atomic mass is 35.5. The molecule has 0 aliphatic rings. The number of rotatable bonds is 1. The topological polar surface area (TPSA) is 38.7 Å². The Morgan fingerprint density at radius 3 is 2.39 bits per heavy atom. The first kappa shape index (κ1) is 13.0. The molecule has 0 aliphatic heterocycles. The van der Waals surface area contributed by atoms with Crippen molar-refractivity contribution >= 4 is 11.6 Å². The van der Waals surface area contributed by atoms with Crippen molar-refractivity contribution in [2.75, 3.05) is 0 Å². The van der Waals surface area contributed by atoms with Crippen LogP contribution in [0.4, 0.5) is 0 Å². The van der Waals surface area contributed by atoms with E-state index in [-0.39, 0.29) is 5.41 Å². The SMILES string of the molecule is Cc1ccc(-c2nc(Cl)cc(C(C)(C)C)n2)nc1. The van der Waals surface area contributed by atoms with Gasteiger partial charge >= 0.3 is 0 Å². The van der Waals surface area contributed by atoms with Crippen LogP contribution in [-0.2, 0) is 5.41 Å². The summed E-state index contributed by atoms with van der Waals surface area (Å²) in [4.78, 5) is 13.1. The molecule has 0 saturated heterocycles. The summed E-state index contributed by atoms with van der Waals surface area (Å²) < 4.78 is 0. The van der Waals surface area contributed by atoms with Crippen molar-refractivity contribution in [2.45, 2.75) is 33.1 Å². The molecule has 2 rings (SSSR count). The lowest BCUT2D eigenvalue weighted by Gasteiger charge is -2.18. The smallest absolute Gasteiger partial charge is 0.179 e. The van der Waals surface area contributed by atoms with Gasteiger partial charge < -0.3 is 0 Å². The van der Waals surface area contributed by atoms with Crippen molar-refractivity contribution in [3.63, 3.8) is 0 Å². The predicted octanol–water partition coefficient (Wildman–Crippen LogP) is 3.80. The van der Waals surface area contributed by atoms with Crippen LogP contribution in [0.3, 0.4) is 0 Å². The summed E-state index contributed by atoms with van der Waals surface area (Å²) >= 11 is 6.06. The van der Waals surface area contributed by atoms with E-state index in [4.69, 9.17) is 11.6 Å². The Bertz CT molecular complexity index is 556. The molecule has 0 bridgehead atoms. The minimum Gasteiger partial charge on any atom is -0.253 e. The van der Waals surface area contributed by atoms with E-state index < -0.39 is 0 Å². The van der Waals surface area contributed by atoms with Crippen molar-refractivity contribution in [3.05, 3.63) is 40.8 Å². The van der Waals surface area contributed by atoms with Gasteiger partial charge in [0.15, 0.2) is 5.82 Å². The summed E-state index contributed by atoms with van der Waals surface area (Å²) in [6.45, 7) is 8.28. The zero-order valence-corrected chi connectivity index (χ0v) is 11.8. The van der Waals surface area contributed by atoms with Crippen molar-refractivity contribution in [1.29, 1.82) is 0 Å². The highest BCUT2D eigenvalue weighted by molar-refractivity contribution is 6.29. The van der Waals surface area contributed by atoms with Crippen LogP contribution in [0, 0.1) is 6.92 Å². The third-order valence-corrected chi connectivity index (χ3v) is 2.80. The average molecular weight is 262 g/mol. The Labute approximate surface area is 112 Å². The van der Waals surface area contributed by atoms with Crippen LogP contribution in [0.15, 0.2) is 24.4 Å². The zero-order chi connectivity index (χ0) is 13.3. The van der Waals surface area contributed by atoms with E-state index in [1.54, 1.807) is 12.3 Å². The molecule has 0 unspecified atom stereocenters. The van der Waals surface area contributed by atoms with Gasteiger partial charge in [-0.3, -0.25) is 4.98 Å². The second kappa shape index (κ2) is 4.65. The van der Waals surface area contributed by atoms with E-state index in [2.05, 4.69) is 35.7 Å². The van der Waals surface area contributed by atoms with Crippen molar-refractivity contribution in [3.8, 4) is 11.5 Å². The molecule has 0 N–H and O–H groups in total. The van der Waals surface area contributed by atoms with E-state index in [0.717, 1.165) is 17.0 Å². The molecule has 3 nitrogen and oxygen atoms in total. The second-order valence-corrected chi connectivity index (χ2v) is 5.76. The largest absolute Gasteiger partial charge is 0.253 e. The second-order valence-electron chi connectivity index (χ2n) is 5.37. The van der Waals surface area contributed by atoms with Gasteiger partial charge in [-0.2, -0.15) is 0 Å². The molecule has 0 aliphatic carbocycles. The first-order valence-corrected chi connectivity index (χ1v) is 6.22. The van der Waals surface area contributed by atoms with Gasteiger partial charge in [-0.25, -0.2) is 9.97 Å². The van der Waals surface area contributed by atoms with E-state index in [9.17, 15) is 0 Å². The lowest BCUT2D eigenvalue weighted by atomic mass is 9.92. The standard InChI is InChI=1S/C14H16ClN3/c1-9-5-6-10(16-8-9)13-17-11(14(2,3)4)7-12(15)18-13/h5-8H,1-4H3. The fraction of sp³-hybridized carbons (Fsp3) is 0.357. The summed E-state index contributed by atoms with van der Waals surface area (Å²) in [6.07, 6.45) is 1.80. The highest BCUT2D eigenvalue weighted by Gasteiger charge is 2.18. The average Bonchev–Trinajstić information content (AvgIpc) is 2.28. The normalized spacial score (nSPS) is 11.6. The molecular weight excluding hydrogens is 246 g/mol. The van der Waals surface area contributed by atoms with Gasteiger partial charge in [0.1, 0.15) is 10.8 Å². The maximum absolute atomic E-state index is 6.06. The number of aryl methyl sites for hydroxylation is 1. The van der Waals surface area contributed by atoms with Gasteiger partial charge in [0.2, 0.25) is 0 Å². The van der Waals surface area contributed by atoms with E-state index in [1.165, 1.54) is 0 Å². The third-order valence-electron chi connectivity index (χ3n) is 2.60. The number of nitrogens with zero attached hydrogens (tertiary/aromatic N) is 3. The Morgan fingerprint density at radius 2 is 1.83 bits per heavy atom. The summed E-state index contributed by atoms with van der Waals surface area (Å²) in [5, 5.41) is 0.451. The molecule has 18 heavy (non-hydrogen) atoms. The Morgan fingerprint density at radius 1 is 1.11 bits per heavy atom. The zero-order valence-electron chi connectivity index (χ0n) is 11.0. The summed E-state index contributed by atoms with van der Waals surface area (Å²) in [7, 11) is 0. The number of halogens is 1. The van der Waals surface area contributed by atoms with Gasteiger partial charge in [0.25, 0.3) is 0 Å². The first-order chi connectivity index (χ1) is 8.36. The Hall–Kier alpha value is -1.48. The molecule has 0 atom stereocenters. The van der Waals surface area contributed by atoms with E-state index in [1.807, 2.05) is 19.1 Å². The van der Waals surface area contributed by atoms with Crippen LogP contribution in [0.5, 0.6) is 0 Å². The molecule has 2 aromatic rings. The molecule has 0 spiro atoms. The van der Waals surface area contributed by atoms with Crippen LogP contribution in [0.25, 0.3) is 11.5 Å². The summed E-state index contributed by atoms with van der Waals surface area (Å²) in [5.74, 6) is 0.576. The first-order valence-electron chi connectivity index (χ1n) is 5.84. The third kappa shape index (κ3) is 2.85. The molecular formula is C14H16ClN3. The predicted molar refractivity (Wildman–Crippen MR) is 73.7 cm³/mol. The van der Waals surface area contributed by atoms with E-state index in [0.29, 0.717) is 11.0 Å².